The van der Waals surface area contributed by atoms with Gasteiger partial charge >= 0.3 is 0 Å². The lowest BCUT2D eigenvalue weighted by Gasteiger charge is -2.19. The number of amides is 1. The van der Waals surface area contributed by atoms with Gasteiger partial charge in [-0.15, -0.1) is 0 Å². The number of anilines is 1. The number of carbonyl (C=O) groups excluding carboxylic acids is 1. The maximum Gasteiger partial charge on any atom is 0.254 e. The van der Waals surface area contributed by atoms with Crippen molar-refractivity contribution in [3.05, 3.63) is 53.6 Å². The van der Waals surface area contributed by atoms with Crippen molar-refractivity contribution in [3.63, 3.8) is 0 Å². The van der Waals surface area contributed by atoms with Crippen LogP contribution in [0.3, 0.4) is 0 Å². The quantitative estimate of drug-likeness (QED) is 0.817. The summed E-state index contributed by atoms with van der Waals surface area (Å²) in [6, 6.07) is 13.3. The standard InChI is InChI=1S/C19H24N2O3/c1-20(2)16-8-6-14(7-9-16)13-21(3)19(22)15-10-17(23-4)12-18(11-15)24-5/h6-12H,13H2,1-5H3. The number of hydrogen-bond donors (Lipinski definition) is 0. The van der Waals surface area contributed by atoms with Crippen molar-refractivity contribution in [2.45, 2.75) is 6.54 Å². The second-order valence-corrected chi connectivity index (χ2v) is 5.82. The molecule has 0 saturated carbocycles. The smallest absolute Gasteiger partial charge is 0.254 e. The van der Waals surface area contributed by atoms with E-state index in [-0.39, 0.29) is 5.91 Å². The highest BCUT2D eigenvalue weighted by Crippen LogP contribution is 2.23. The van der Waals surface area contributed by atoms with Crippen LogP contribution in [0, 0.1) is 0 Å². The third-order valence-electron chi connectivity index (χ3n) is 3.82. The van der Waals surface area contributed by atoms with E-state index < -0.39 is 0 Å². The van der Waals surface area contributed by atoms with Crippen molar-refractivity contribution in [2.75, 3.05) is 40.3 Å². The van der Waals surface area contributed by atoms with Gasteiger partial charge in [-0.25, -0.2) is 0 Å². The first-order valence-electron chi connectivity index (χ1n) is 7.69. The van der Waals surface area contributed by atoms with Crippen LogP contribution in [0.15, 0.2) is 42.5 Å². The van der Waals surface area contributed by atoms with Crippen LogP contribution in [0.2, 0.25) is 0 Å². The molecule has 0 aromatic heterocycles. The van der Waals surface area contributed by atoms with Gasteiger partial charge in [-0.05, 0) is 29.8 Å². The van der Waals surface area contributed by atoms with Gasteiger partial charge in [0, 0.05) is 45.0 Å². The predicted molar refractivity (Wildman–Crippen MR) is 96.1 cm³/mol. The topological polar surface area (TPSA) is 42.0 Å². The second-order valence-electron chi connectivity index (χ2n) is 5.82. The van der Waals surface area contributed by atoms with Crippen LogP contribution >= 0.6 is 0 Å². The van der Waals surface area contributed by atoms with E-state index in [0.29, 0.717) is 23.6 Å². The van der Waals surface area contributed by atoms with Crippen LogP contribution in [0.1, 0.15) is 15.9 Å². The lowest BCUT2D eigenvalue weighted by molar-refractivity contribution is 0.0784. The van der Waals surface area contributed by atoms with E-state index in [0.717, 1.165) is 11.3 Å². The minimum atomic E-state index is -0.0797. The Balaban J connectivity index is 2.14. The number of benzene rings is 2. The van der Waals surface area contributed by atoms with E-state index in [1.807, 2.05) is 43.3 Å². The average molecular weight is 328 g/mol. The summed E-state index contributed by atoms with van der Waals surface area (Å²) in [5.74, 6) is 1.12. The van der Waals surface area contributed by atoms with Crippen molar-refractivity contribution in [2.24, 2.45) is 0 Å². The molecule has 0 heterocycles. The van der Waals surface area contributed by atoms with Gasteiger partial charge in [-0.3, -0.25) is 4.79 Å². The molecule has 0 N–H and O–H groups in total. The highest BCUT2D eigenvalue weighted by molar-refractivity contribution is 5.95. The van der Waals surface area contributed by atoms with Crippen LogP contribution in [0.4, 0.5) is 5.69 Å². The van der Waals surface area contributed by atoms with E-state index in [4.69, 9.17) is 9.47 Å². The first-order chi connectivity index (χ1) is 11.4. The lowest BCUT2D eigenvalue weighted by Crippen LogP contribution is -2.26. The molecular formula is C19H24N2O3. The fourth-order valence-corrected chi connectivity index (χ4v) is 2.40. The van der Waals surface area contributed by atoms with Crippen molar-refractivity contribution >= 4 is 11.6 Å². The first kappa shape index (κ1) is 17.7. The maximum absolute atomic E-state index is 12.7. The Morgan fingerprint density at radius 2 is 1.46 bits per heavy atom. The second kappa shape index (κ2) is 7.73. The summed E-state index contributed by atoms with van der Waals surface area (Å²) >= 11 is 0. The van der Waals surface area contributed by atoms with Crippen LogP contribution in [0.25, 0.3) is 0 Å². The van der Waals surface area contributed by atoms with E-state index >= 15 is 0 Å². The van der Waals surface area contributed by atoms with Gasteiger partial charge in [0.1, 0.15) is 11.5 Å². The van der Waals surface area contributed by atoms with E-state index in [9.17, 15) is 4.79 Å². The van der Waals surface area contributed by atoms with Crippen LogP contribution in [-0.4, -0.2) is 46.2 Å². The number of hydrogen-bond acceptors (Lipinski definition) is 4. The van der Waals surface area contributed by atoms with Crippen LogP contribution in [-0.2, 0) is 6.54 Å². The Labute approximate surface area is 143 Å². The summed E-state index contributed by atoms with van der Waals surface area (Å²) in [6.45, 7) is 0.534. The molecule has 24 heavy (non-hydrogen) atoms. The highest BCUT2D eigenvalue weighted by Gasteiger charge is 2.15. The van der Waals surface area contributed by atoms with E-state index in [2.05, 4.69) is 0 Å². The van der Waals surface area contributed by atoms with E-state index in [1.165, 1.54) is 0 Å². The highest BCUT2D eigenvalue weighted by atomic mass is 16.5. The van der Waals surface area contributed by atoms with Crippen LogP contribution < -0.4 is 14.4 Å². The Hall–Kier alpha value is -2.69. The third-order valence-corrected chi connectivity index (χ3v) is 3.82. The zero-order chi connectivity index (χ0) is 17.7. The minimum Gasteiger partial charge on any atom is -0.497 e. The van der Waals surface area contributed by atoms with Crippen LogP contribution in [0.5, 0.6) is 11.5 Å². The molecule has 1 amide bonds. The van der Waals surface area contributed by atoms with Gasteiger partial charge in [0.2, 0.25) is 0 Å². The zero-order valence-electron chi connectivity index (χ0n) is 14.9. The largest absolute Gasteiger partial charge is 0.497 e. The maximum atomic E-state index is 12.7. The molecule has 0 bridgehead atoms. The molecule has 0 fully saturated rings. The summed E-state index contributed by atoms with van der Waals surface area (Å²) in [4.78, 5) is 16.4. The molecule has 5 heteroatoms. The molecule has 2 aromatic carbocycles. The number of nitrogens with zero attached hydrogens (tertiary/aromatic N) is 2. The molecule has 0 aliphatic carbocycles. The fourth-order valence-electron chi connectivity index (χ4n) is 2.40. The molecule has 0 aliphatic heterocycles. The van der Waals surface area contributed by atoms with Crippen molar-refractivity contribution in [1.82, 2.24) is 4.90 Å². The van der Waals surface area contributed by atoms with Gasteiger partial charge in [0.15, 0.2) is 0 Å². The number of carbonyl (C=O) groups is 1. The third kappa shape index (κ3) is 4.19. The van der Waals surface area contributed by atoms with Gasteiger partial charge in [0.25, 0.3) is 5.91 Å². The molecule has 0 unspecified atom stereocenters. The number of rotatable bonds is 6. The molecular weight excluding hydrogens is 304 g/mol. The average Bonchev–Trinajstić information content (AvgIpc) is 2.60. The number of ether oxygens (including phenoxy) is 2. The Morgan fingerprint density at radius 1 is 0.917 bits per heavy atom. The fraction of sp³-hybridized carbons (Fsp3) is 0.316. The molecule has 2 aromatic rings. The Bertz CT molecular complexity index is 674. The molecule has 0 aliphatic rings. The van der Waals surface area contributed by atoms with Gasteiger partial charge in [0.05, 0.1) is 14.2 Å². The first-order valence-corrected chi connectivity index (χ1v) is 7.69. The summed E-state index contributed by atoms with van der Waals surface area (Å²) < 4.78 is 10.5. The van der Waals surface area contributed by atoms with Gasteiger partial charge in [-0.2, -0.15) is 0 Å². The summed E-state index contributed by atoms with van der Waals surface area (Å²) in [6.07, 6.45) is 0. The molecule has 0 spiro atoms. The SMILES string of the molecule is COc1cc(OC)cc(C(=O)N(C)Cc2ccc(N(C)C)cc2)c1. The van der Waals surface area contributed by atoms with Gasteiger partial charge in [-0.1, -0.05) is 12.1 Å². The normalized spacial score (nSPS) is 10.2. The summed E-state index contributed by atoms with van der Waals surface area (Å²) in [5.41, 5.74) is 2.75. The summed E-state index contributed by atoms with van der Waals surface area (Å²) in [7, 11) is 8.92. The van der Waals surface area contributed by atoms with E-state index in [1.54, 1.807) is 44.4 Å². The van der Waals surface area contributed by atoms with Crippen molar-refractivity contribution in [1.29, 1.82) is 0 Å². The van der Waals surface area contributed by atoms with Gasteiger partial charge < -0.3 is 19.3 Å². The monoisotopic (exact) mass is 328 g/mol. The number of methoxy groups -OCH3 is 2. The minimum absolute atomic E-state index is 0.0797. The zero-order valence-corrected chi connectivity index (χ0v) is 14.9. The summed E-state index contributed by atoms with van der Waals surface area (Å²) in [5, 5.41) is 0. The molecule has 128 valence electrons. The molecule has 0 saturated heterocycles. The Morgan fingerprint density at radius 3 is 1.92 bits per heavy atom. The molecule has 0 atom stereocenters. The Kier molecular flexibility index (Phi) is 5.68. The molecule has 0 radical (unpaired) electrons. The molecule has 2 rings (SSSR count). The molecule has 5 nitrogen and oxygen atoms in total. The predicted octanol–water partition coefficient (Wildman–Crippen LogP) is 3.04. The van der Waals surface area contributed by atoms with Crippen molar-refractivity contribution < 1.29 is 14.3 Å². The lowest BCUT2D eigenvalue weighted by atomic mass is 10.1. The van der Waals surface area contributed by atoms with Crippen molar-refractivity contribution in [3.8, 4) is 11.5 Å².